The van der Waals surface area contributed by atoms with Crippen molar-refractivity contribution in [1.82, 2.24) is 0 Å². The Bertz CT molecular complexity index is 604. The summed E-state index contributed by atoms with van der Waals surface area (Å²) in [6.07, 6.45) is 1.74. The second kappa shape index (κ2) is 8.53. The van der Waals surface area contributed by atoms with Crippen LogP contribution in [0, 0.1) is 34.5 Å². The van der Waals surface area contributed by atoms with Crippen molar-refractivity contribution in [3.05, 3.63) is 0 Å². The Morgan fingerprint density at radius 2 is 1.11 bits per heavy atom. The van der Waals surface area contributed by atoms with Crippen molar-refractivity contribution in [3.8, 4) is 0 Å². The van der Waals surface area contributed by atoms with E-state index in [1.807, 2.05) is 13.8 Å². The van der Waals surface area contributed by atoms with Crippen LogP contribution in [0.15, 0.2) is 0 Å². The maximum atomic E-state index is 13.1. The Morgan fingerprint density at radius 1 is 0.741 bits per heavy atom. The Hall–Kier alpha value is -1.72. The van der Waals surface area contributed by atoms with Gasteiger partial charge in [-0.15, -0.1) is 0 Å². The molecule has 4 atom stereocenters. The van der Waals surface area contributed by atoms with Crippen LogP contribution in [0.2, 0.25) is 0 Å². The molecule has 1 aliphatic carbocycles. The third-order valence-electron chi connectivity index (χ3n) is 6.39. The van der Waals surface area contributed by atoms with E-state index >= 15 is 0 Å². The number of carbonyl (C=O) groups is 4. The third kappa shape index (κ3) is 4.96. The number of hydrogen-bond donors (Lipinski definition) is 2. The van der Waals surface area contributed by atoms with E-state index in [2.05, 4.69) is 0 Å². The standard InChI is InChI=1S/C21H34O6/c1-7-9-21(5,6)17(23)13-11-14(18(24)25)12(10-15(13)19(26)27)16(22)20(3,4)8-2/h12-15H,7-11H2,1-6H3,(H,24,25)(H,26,27). The minimum Gasteiger partial charge on any atom is -0.481 e. The van der Waals surface area contributed by atoms with Gasteiger partial charge in [0, 0.05) is 22.7 Å². The van der Waals surface area contributed by atoms with Crippen LogP contribution in [0.25, 0.3) is 0 Å². The molecule has 0 radical (unpaired) electrons. The second-order valence-corrected chi connectivity index (χ2v) is 9.17. The topological polar surface area (TPSA) is 109 Å². The fraction of sp³-hybridized carbons (Fsp3) is 0.810. The zero-order valence-corrected chi connectivity index (χ0v) is 17.4. The normalized spacial score (nSPS) is 26.4. The van der Waals surface area contributed by atoms with Crippen molar-refractivity contribution >= 4 is 23.5 Å². The monoisotopic (exact) mass is 382 g/mol. The molecule has 0 spiro atoms. The van der Waals surface area contributed by atoms with Gasteiger partial charge in [0.2, 0.25) is 0 Å². The summed E-state index contributed by atoms with van der Waals surface area (Å²) in [6.45, 7) is 10.9. The summed E-state index contributed by atoms with van der Waals surface area (Å²) in [5, 5.41) is 19.4. The van der Waals surface area contributed by atoms with E-state index in [4.69, 9.17) is 0 Å². The lowest BCUT2D eigenvalue weighted by Gasteiger charge is -2.41. The first-order chi connectivity index (χ1) is 12.3. The number of rotatable bonds is 9. The zero-order valence-electron chi connectivity index (χ0n) is 17.4. The van der Waals surface area contributed by atoms with Crippen molar-refractivity contribution in [1.29, 1.82) is 0 Å². The van der Waals surface area contributed by atoms with Gasteiger partial charge in [-0.2, -0.15) is 0 Å². The SMILES string of the molecule is CCCC(C)(C)C(=O)C1CC(C(=O)O)C(C(=O)C(C)(C)CC)CC1C(=O)O. The number of aliphatic carboxylic acids is 2. The summed E-state index contributed by atoms with van der Waals surface area (Å²) in [6, 6.07) is 0. The van der Waals surface area contributed by atoms with E-state index in [0.29, 0.717) is 12.8 Å². The Kier molecular flexibility index (Phi) is 7.37. The highest BCUT2D eigenvalue weighted by atomic mass is 16.4. The van der Waals surface area contributed by atoms with Crippen LogP contribution in [0.3, 0.4) is 0 Å². The van der Waals surface area contributed by atoms with Crippen LogP contribution >= 0.6 is 0 Å². The van der Waals surface area contributed by atoms with Crippen molar-refractivity contribution in [2.24, 2.45) is 34.5 Å². The average molecular weight is 382 g/mol. The predicted octanol–water partition coefficient (Wildman–Crippen LogP) is 3.81. The fourth-order valence-corrected chi connectivity index (χ4v) is 4.26. The summed E-state index contributed by atoms with van der Waals surface area (Å²) in [5.74, 6) is -6.48. The molecule has 6 nitrogen and oxygen atoms in total. The number of carboxylic acids is 2. The van der Waals surface area contributed by atoms with Gasteiger partial charge in [0.15, 0.2) is 0 Å². The van der Waals surface area contributed by atoms with Gasteiger partial charge in [0.1, 0.15) is 11.6 Å². The van der Waals surface area contributed by atoms with E-state index in [1.54, 1.807) is 27.7 Å². The van der Waals surface area contributed by atoms with Gasteiger partial charge in [-0.05, 0) is 25.7 Å². The van der Waals surface area contributed by atoms with Crippen LogP contribution < -0.4 is 0 Å². The van der Waals surface area contributed by atoms with Crippen molar-refractivity contribution in [2.75, 3.05) is 0 Å². The predicted molar refractivity (Wildman–Crippen MR) is 101 cm³/mol. The van der Waals surface area contributed by atoms with Crippen LogP contribution in [-0.4, -0.2) is 33.7 Å². The summed E-state index contributed by atoms with van der Waals surface area (Å²) in [5.41, 5.74) is -1.44. The molecule has 0 aromatic rings. The van der Waals surface area contributed by atoms with Crippen molar-refractivity contribution in [3.63, 3.8) is 0 Å². The molecule has 154 valence electrons. The van der Waals surface area contributed by atoms with Crippen molar-refractivity contribution in [2.45, 2.75) is 73.6 Å². The molecule has 4 unspecified atom stereocenters. The summed E-state index contributed by atoms with van der Waals surface area (Å²) < 4.78 is 0. The summed E-state index contributed by atoms with van der Waals surface area (Å²) >= 11 is 0. The Balaban J connectivity index is 3.30. The molecular formula is C21H34O6. The van der Waals surface area contributed by atoms with Crippen LogP contribution in [0.5, 0.6) is 0 Å². The zero-order chi connectivity index (χ0) is 21.2. The summed E-state index contributed by atoms with van der Waals surface area (Å²) in [4.78, 5) is 49.9. The third-order valence-corrected chi connectivity index (χ3v) is 6.39. The average Bonchev–Trinajstić information content (AvgIpc) is 2.58. The molecule has 0 amide bonds. The van der Waals surface area contributed by atoms with E-state index in [1.165, 1.54) is 0 Å². The minimum absolute atomic E-state index is 0.0888. The Labute approximate surface area is 161 Å². The molecule has 6 heteroatoms. The lowest BCUT2D eigenvalue weighted by molar-refractivity contribution is -0.162. The highest BCUT2D eigenvalue weighted by Gasteiger charge is 2.52. The number of hydrogen-bond acceptors (Lipinski definition) is 4. The molecule has 2 N–H and O–H groups in total. The van der Waals surface area contributed by atoms with Crippen LogP contribution in [-0.2, 0) is 19.2 Å². The molecule has 0 aromatic carbocycles. The minimum atomic E-state index is -1.13. The molecule has 1 aliphatic rings. The maximum Gasteiger partial charge on any atom is 0.307 e. The molecule has 1 rings (SSSR count). The van der Waals surface area contributed by atoms with E-state index in [0.717, 1.165) is 6.42 Å². The van der Waals surface area contributed by atoms with E-state index in [-0.39, 0.29) is 24.4 Å². The van der Waals surface area contributed by atoms with Gasteiger partial charge in [-0.1, -0.05) is 48.0 Å². The van der Waals surface area contributed by atoms with E-state index < -0.39 is 46.4 Å². The maximum absolute atomic E-state index is 13.1. The molecule has 0 saturated heterocycles. The van der Waals surface area contributed by atoms with Gasteiger partial charge >= 0.3 is 11.9 Å². The van der Waals surface area contributed by atoms with Crippen molar-refractivity contribution < 1.29 is 29.4 Å². The van der Waals surface area contributed by atoms with Gasteiger partial charge in [-0.25, -0.2) is 0 Å². The summed E-state index contributed by atoms with van der Waals surface area (Å²) in [7, 11) is 0. The first-order valence-electron chi connectivity index (χ1n) is 9.84. The molecule has 1 fully saturated rings. The number of carbonyl (C=O) groups excluding carboxylic acids is 2. The Morgan fingerprint density at radius 3 is 1.41 bits per heavy atom. The number of carboxylic acid groups (broad SMARTS) is 2. The number of Topliss-reactive ketones (excluding diaryl/α,β-unsaturated/α-hetero) is 2. The highest BCUT2D eigenvalue weighted by Crippen LogP contribution is 2.45. The first kappa shape index (κ1) is 23.3. The van der Waals surface area contributed by atoms with Gasteiger partial charge in [-0.3, -0.25) is 19.2 Å². The fourth-order valence-electron chi connectivity index (χ4n) is 4.26. The van der Waals surface area contributed by atoms with Crippen LogP contribution in [0.1, 0.15) is 73.6 Å². The molecule has 27 heavy (non-hydrogen) atoms. The van der Waals surface area contributed by atoms with E-state index in [9.17, 15) is 29.4 Å². The van der Waals surface area contributed by atoms with Crippen LogP contribution in [0.4, 0.5) is 0 Å². The molecular weight excluding hydrogens is 348 g/mol. The van der Waals surface area contributed by atoms with Gasteiger partial charge in [0.25, 0.3) is 0 Å². The molecule has 0 aromatic heterocycles. The first-order valence-corrected chi connectivity index (χ1v) is 9.84. The lowest BCUT2D eigenvalue weighted by atomic mass is 9.60. The molecule has 0 heterocycles. The highest BCUT2D eigenvalue weighted by molar-refractivity contribution is 5.94. The number of ketones is 2. The molecule has 0 bridgehead atoms. The quantitative estimate of drug-likeness (QED) is 0.627. The molecule has 1 saturated carbocycles. The van der Waals surface area contributed by atoms with Gasteiger partial charge < -0.3 is 10.2 Å². The largest absolute Gasteiger partial charge is 0.481 e. The lowest BCUT2D eigenvalue weighted by Crippen LogP contribution is -2.49. The van der Waals surface area contributed by atoms with Gasteiger partial charge in [0.05, 0.1) is 11.8 Å². The second-order valence-electron chi connectivity index (χ2n) is 9.17. The molecule has 0 aliphatic heterocycles. The smallest absolute Gasteiger partial charge is 0.307 e.